The highest BCUT2D eigenvalue weighted by molar-refractivity contribution is 5.99. The van der Waals surface area contributed by atoms with Crippen molar-refractivity contribution in [3.63, 3.8) is 0 Å². The molecule has 0 bridgehead atoms. The van der Waals surface area contributed by atoms with Gasteiger partial charge >= 0.3 is 0 Å². The van der Waals surface area contributed by atoms with Gasteiger partial charge in [0.25, 0.3) is 0 Å². The van der Waals surface area contributed by atoms with Gasteiger partial charge in [-0.05, 0) is 19.3 Å². The van der Waals surface area contributed by atoms with Crippen molar-refractivity contribution in [2.75, 3.05) is 18.1 Å². The number of nitrogens with zero attached hydrogens (tertiary/aromatic N) is 3. The van der Waals surface area contributed by atoms with E-state index in [0.29, 0.717) is 11.4 Å². The van der Waals surface area contributed by atoms with Gasteiger partial charge in [-0.3, -0.25) is 5.41 Å². The van der Waals surface area contributed by atoms with Gasteiger partial charge in [-0.2, -0.15) is 0 Å². The van der Waals surface area contributed by atoms with E-state index in [1.807, 2.05) is 4.90 Å². The number of nitrogen functional groups attached to an aromatic ring is 1. The average molecular weight is 235 g/mol. The van der Waals surface area contributed by atoms with Gasteiger partial charge in [0.15, 0.2) is 0 Å². The average Bonchev–Trinajstić information content (AvgIpc) is 2.38. The fourth-order valence-electron chi connectivity index (χ4n) is 2.21. The number of rotatable bonds is 3. The molecule has 1 aliphatic rings. The number of aliphatic hydroxyl groups excluding tert-OH is 1. The summed E-state index contributed by atoms with van der Waals surface area (Å²) in [6.07, 6.45) is 6.12. The fourth-order valence-corrected chi connectivity index (χ4v) is 2.21. The van der Waals surface area contributed by atoms with Crippen molar-refractivity contribution >= 4 is 11.7 Å². The normalized spacial score (nSPS) is 20.3. The van der Waals surface area contributed by atoms with Gasteiger partial charge in [-0.25, -0.2) is 9.97 Å². The molecule has 1 unspecified atom stereocenters. The summed E-state index contributed by atoms with van der Waals surface area (Å²) in [5.41, 5.74) is 6.06. The highest BCUT2D eigenvalue weighted by atomic mass is 16.3. The Hall–Kier alpha value is -1.69. The highest BCUT2D eigenvalue weighted by Crippen LogP contribution is 2.25. The number of piperidine rings is 1. The maximum Gasteiger partial charge on any atom is 0.143 e. The Morgan fingerprint density at radius 3 is 3.12 bits per heavy atom. The van der Waals surface area contributed by atoms with Gasteiger partial charge in [0.1, 0.15) is 18.0 Å². The van der Waals surface area contributed by atoms with E-state index < -0.39 is 0 Å². The minimum Gasteiger partial charge on any atom is -0.394 e. The molecule has 2 rings (SSSR count). The van der Waals surface area contributed by atoms with Crippen LogP contribution in [0.3, 0.4) is 0 Å². The van der Waals surface area contributed by atoms with E-state index in [4.69, 9.17) is 11.1 Å². The maximum atomic E-state index is 9.38. The number of aliphatic hydroxyl groups is 1. The standard InChI is InChI=1S/C11H17N5O/c12-10(13)9-5-14-7-15-11(9)16-4-2-1-3-8(16)6-17/h5,7-8,17H,1-4,6H2,(H3,12,13). The molecule has 2 heterocycles. The summed E-state index contributed by atoms with van der Waals surface area (Å²) in [4.78, 5) is 10.1. The van der Waals surface area contributed by atoms with Crippen molar-refractivity contribution in [2.45, 2.75) is 25.3 Å². The Bertz CT molecular complexity index is 409. The molecule has 1 aromatic heterocycles. The molecule has 6 nitrogen and oxygen atoms in total. The second-order valence-corrected chi connectivity index (χ2v) is 4.20. The van der Waals surface area contributed by atoms with Crippen molar-refractivity contribution in [1.29, 1.82) is 5.41 Å². The Kier molecular flexibility index (Phi) is 3.53. The van der Waals surface area contributed by atoms with Crippen LogP contribution in [-0.4, -0.2) is 40.1 Å². The molecule has 17 heavy (non-hydrogen) atoms. The van der Waals surface area contributed by atoms with Crippen molar-refractivity contribution in [2.24, 2.45) is 5.73 Å². The molecule has 0 radical (unpaired) electrons. The first-order valence-corrected chi connectivity index (χ1v) is 5.76. The number of aromatic nitrogens is 2. The maximum absolute atomic E-state index is 9.38. The number of anilines is 1. The predicted molar refractivity (Wildman–Crippen MR) is 65.1 cm³/mol. The van der Waals surface area contributed by atoms with E-state index >= 15 is 0 Å². The number of amidine groups is 1. The Balaban J connectivity index is 2.34. The second kappa shape index (κ2) is 5.09. The summed E-state index contributed by atoms with van der Waals surface area (Å²) in [5.74, 6) is 0.620. The molecule has 92 valence electrons. The molecule has 0 aliphatic carbocycles. The quantitative estimate of drug-likeness (QED) is 0.510. The molecular formula is C11H17N5O. The molecule has 1 atom stereocenters. The van der Waals surface area contributed by atoms with E-state index in [0.717, 1.165) is 25.8 Å². The Morgan fingerprint density at radius 2 is 2.41 bits per heavy atom. The molecule has 0 amide bonds. The van der Waals surface area contributed by atoms with E-state index in [1.165, 1.54) is 6.33 Å². The summed E-state index contributed by atoms with van der Waals surface area (Å²) in [6, 6.07) is 0.0664. The van der Waals surface area contributed by atoms with Crippen LogP contribution < -0.4 is 10.6 Å². The van der Waals surface area contributed by atoms with Crippen LogP contribution in [0.1, 0.15) is 24.8 Å². The minimum atomic E-state index is -0.0390. The van der Waals surface area contributed by atoms with Gasteiger partial charge in [0, 0.05) is 12.7 Å². The first kappa shape index (κ1) is 11.8. The van der Waals surface area contributed by atoms with Crippen LogP contribution in [-0.2, 0) is 0 Å². The third-order valence-corrected chi connectivity index (χ3v) is 3.09. The molecule has 4 N–H and O–H groups in total. The number of nitrogens with two attached hydrogens (primary N) is 1. The van der Waals surface area contributed by atoms with E-state index in [-0.39, 0.29) is 18.5 Å². The summed E-state index contributed by atoms with van der Waals surface area (Å²) in [6.45, 7) is 0.934. The van der Waals surface area contributed by atoms with Gasteiger partial charge in [0.2, 0.25) is 0 Å². The highest BCUT2D eigenvalue weighted by Gasteiger charge is 2.25. The topological polar surface area (TPSA) is 99.1 Å². The zero-order valence-electron chi connectivity index (χ0n) is 9.63. The SMILES string of the molecule is N=C(N)c1cncnc1N1CCCCC1CO. The molecule has 0 spiro atoms. The molecule has 1 saturated heterocycles. The lowest BCUT2D eigenvalue weighted by Gasteiger charge is -2.36. The molecular weight excluding hydrogens is 218 g/mol. The predicted octanol–water partition coefficient (Wildman–Crippen LogP) is 0.112. The summed E-state index contributed by atoms with van der Waals surface area (Å²) >= 11 is 0. The Morgan fingerprint density at radius 1 is 1.59 bits per heavy atom. The smallest absolute Gasteiger partial charge is 0.143 e. The van der Waals surface area contributed by atoms with Gasteiger partial charge in [-0.1, -0.05) is 0 Å². The van der Waals surface area contributed by atoms with Gasteiger partial charge < -0.3 is 15.7 Å². The van der Waals surface area contributed by atoms with Crippen LogP contribution in [0, 0.1) is 5.41 Å². The number of hydrogen-bond donors (Lipinski definition) is 3. The minimum absolute atomic E-state index is 0.0390. The Labute approximate surface area is 100.0 Å². The monoisotopic (exact) mass is 235 g/mol. The number of nitrogens with one attached hydrogen (secondary N) is 1. The summed E-state index contributed by atoms with van der Waals surface area (Å²) < 4.78 is 0. The van der Waals surface area contributed by atoms with E-state index in [2.05, 4.69) is 9.97 Å². The molecule has 6 heteroatoms. The molecule has 1 aliphatic heterocycles. The van der Waals surface area contributed by atoms with Gasteiger partial charge in [0.05, 0.1) is 18.2 Å². The lowest BCUT2D eigenvalue weighted by molar-refractivity contribution is 0.239. The largest absolute Gasteiger partial charge is 0.394 e. The van der Waals surface area contributed by atoms with Crippen molar-refractivity contribution in [3.8, 4) is 0 Å². The summed E-state index contributed by atoms with van der Waals surface area (Å²) in [5, 5.41) is 16.9. The molecule has 1 fully saturated rings. The first-order valence-electron chi connectivity index (χ1n) is 5.76. The molecule has 0 saturated carbocycles. The van der Waals surface area contributed by atoms with Crippen LogP contribution in [0.5, 0.6) is 0 Å². The van der Waals surface area contributed by atoms with Crippen LogP contribution in [0.4, 0.5) is 5.82 Å². The zero-order chi connectivity index (χ0) is 12.3. The molecule has 0 aromatic carbocycles. The van der Waals surface area contributed by atoms with Crippen molar-refractivity contribution < 1.29 is 5.11 Å². The first-order chi connectivity index (χ1) is 8.24. The van der Waals surface area contributed by atoms with Crippen molar-refractivity contribution in [1.82, 2.24) is 9.97 Å². The lowest BCUT2D eigenvalue weighted by atomic mass is 10.0. The third-order valence-electron chi connectivity index (χ3n) is 3.09. The van der Waals surface area contributed by atoms with Gasteiger partial charge in [-0.15, -0.1) is 0 Å². The number of hydrogen-bond acceptors (Lipinski definition) is 5. The lowest BCUT2D eigenvalue weighted by Crippen LogP contribution is -2.43. The fraction of sp³-hybridized carbons (Fsp3) is 0.545. The van der Waals surface area contributed by atoms with Crippen LogP contribution in [0.2, 0.25) is 0 Å². The zero-order valence-corrected chi connectivity index (χ0v) is 9.63. The van der Waals surface area contributed by atoms with E-state index in [9.17, 15) is 5.11 Å². The van der Waals surface area contributed by atoms with E-state index in [1.54, 1.807) is 6.20 Å². The summed E-state index contributed by atoms with van der Waals surface area (Å²) in [7, 11) is 0. The molecule has 1 aromatic rings. The second-order valence-electron chi connectivity index (χ2n) is 4.20. The third kappa shape index (κ3) is 2.36. The van der Waals surface area contributed by atoms with Crippen molar-refractivity contribution in [3.05, 3.63) is 18.1 Å². The van der Waals surface area contributed by atoms with Crippen LogP contribution in [0.25, 0.3) is 0 Å². The van der Waals surface area contributed by atoms with Crippen LogP contribution in [0.15, 0.2) is 12.5 Å². The van der Waals surface area contributed by atoms with Crippen LogP contribution >= 0.6 is 0 Å².